The molecule has 0 aliphatic rings. The number of carboxylic acid groups (broad SMARTS) is 1. The number of carboxylic acids is 1. The second-order valence-electron chi connectivity index (χ2n) is 4.60. The number of anilines is 1. The van der Waals surface area contributed by atoms with Crippen molar-refractivity contribution in [3.8, 4) is 5.75 Å². The standard InChI is InChI=1S/C14H20N2O4S/c1-4-10(8-21-3)16(2)14(20)15-11-6-5-9(13(18)19)7-12(11)17/h5-7,10,17H,4,8H2,1-3H3,(H,15,20)(H,18,19). The lowest BCUT2D eigenvalue weighted by Gasteiger charge is -2.27. The molecule has 0 heterocycles. The Kier molecular flexibility index (Phi) is 6.36. The van der Waals surface area contributed by atoms with Gasteiger partial charge in [0.1, 0.15) is 5.75 Å². The molecule has 1 rings (SSSR count). The quantitative estimate of drug-likeness (QED) is 0.703. The van der Waals surface area contributed by atoms with E-state index in [0.29, 0.717) is 0 Å². The summed E-state index contributed by atoms with van der Waals surface area (Å²) in [5.74, 6) is -0.578. The third kappa shape index (κ3) is 4.56. The fourth-order valence-corrected chi connectivity index (χ4v) is 2.68. The minimum absolute atomic E-state index is 0.0346. The van der Waals surface area contributed by atoms with Gasteiger partial charge in [-0.05, 0) is 30.9 Å². The predicted octanol–water partition coefficient (Wildman–Crippen LogP) is 2.70. The van der Waals surface area contributed by atoms with E-state index in [9.17, 15) is 14.7 Å². The van der Waals surface area contributed by atoms with E-state index in [-0.39, 0.29) is 29.1 Å². The SMILES string of the molecule is CCC(CSC)N(C)C(=O)Nc1ccc(C(=O)O)cc1O. The molecular weight excluding hydrogens is 292 g/mol. The molecule has 1 atom stereocenters. The van der Waals surface area contributed by atoms with Gasteiger partial charge in [0.15, 0.2) is 0 Å². The molecule has 0 bridgehead atoms. The Bertz CT molecular complexity index is 522. The summed E-state index contributed by atoms with van der Waals surface area (Å²) in [6.07, 6.45) is 2.81. The van der Waals surface area contributed by atoms with Gasteiger partial charge in [0.2, 0.25) is 0 Å². The summed E-state index contributed by atoms with van der Waals surface area (Å²) >= 11 is 1.66. The zero-order valence-electron chi connectivity index (χ0n) is 12.3. The maximum Gasteiger partial charge on any atom is 0.335 e. The van der Waals surface area contributed by atoms with Crippen LogP contribution in [0.25, 0.3) is 0 Å². The number of carbonyl (C=O) groups is 2. The first-order valence-corrected chi connectivity index (χ1v) is 7.89. The molecule has 0 spiro atoms. The summed E-state index contributed by atoms with van der Waals surface area (Å²) in [4.78, 5) is 24.5. The van der Waals surface area contributed by atoms with Crippen LogP contribution in [0, 0.1) is 0 Å². The van der Waals surface area contributed by atoms with Crippen molar-refractivity contribution in [3.63, 3.8) is 0 Å². The van der Waals surface area contributed by atoms with E-state index in [1.807, 2.05) is 13.2 Å². The van der Waals surface area contributed by atoms with Crippen LogP contribution >= 0.6 is 11.8 Å². The van der Waals surface area contributed by atoms with E-state index in [1.54, 1.807) is 23.7 Å². The van der Waals surface area contributed by atoms with E-state index in [4.69, 9.17) is 5.11 Å². The van der Waals surface area contributed by atoms with Crippen molar-refractivity contribution in [1.82, 2.24) is 4.90 Å². The highest BCUT2D eigenvalue weighted by Crippen LogP contribution is 2.25. The smallest absolute Gasteiger partial charge is 0.335 e. The molecule has 1 aromatic carbocycles. The highest BCUT2D eigenvalue weighted by molar-refractivity contribution is 7.98. The molecular formula is C14H20N2O4S. The second kappa shape index (κ2) is 7.78. The Morgan fingerprint density at radius 1 is 1.43 bits per heavy atom. The summed E-state index contributed by atoms with van der Waals surface area (Å²) in [7, 11) is 1.70. The van der Waals surface area contributed by atoms with Gasteiger partial charge in [-0.2, -0.15) is 11.8 Å². The number of benzene rings is 1. The van der Waals surface area contributed by atoms with Gasteiger partial charge in [0.25, 0.3) is 0 Å². The van der Waals surface area contributed by atoms with Crippen molar-refractivity contribution >= 4 is 29.4 Å². The van der Waals surface area contributed by atoms with Gasteiger partial charge in [-0.1, -0.05) is 6.92 Å². The number of aromatic carboxylic acids is 1. The Labute approximate surface area is 128 Å². The average Bonchev–Trinajstić information content (AvgIpc) is 2.45. The summed E-state index contributed by atoms with van der Waals surface area (Å²) in [6, 6.07) is 3.57. The minimum Gasteiger partial charge on any atom is -0.506 e. The van der Waals surface area contributed by atoms with Crippen molar-refractivity contribution in [2.45, 2.75) is 19.4 Å². The van der Waals surface area contributed by atoms with Gasteiger partial charge in [0.05, 0.1) is 11.3 Å². The second-order valence-corrected chi connectivity index (χ2v) is 5.51. The molecule has 1 aromatic rings. The number of nitrogens with zero attached hydrogens (tertiary/aromatic N) is 1. The van der Waals surface area contributed by atoms with Gasteiger partial charge in [-0.3, -0.25) is 0 Å². The normalized spacial score (nSPS) is 11.8. The molecule has 0 aliphatic carbocycles. The molecule has 116 valence electrons. The first-order chi connectivity index (χ1) is 9.90. The van der Waals surface area contributed by atoms with Crippen molar-refractivity contribution in [2.24, 2.45) is 0 Å². The van der Waals surface area contributed by atoms with Crippen LogP contribution in [0.4, 0.5) is 10.5 Å². The Morgan fingerprint density at radius 2 is 2.10 bits per heavy atom. The number of aromatic hydroxyl groups is 1. The van der Waals surface area contributed by atoms with Gasteiger partial charge in [-0.25, -0.2) is 9.59 Å². The number of phenolic OH excluding ortho intramolecular Hbond substituents is 1. The van der Waals surface area contributed by atoms with Crippen LogP contribution in [0.3, 0.4) is 0 Å². The highest BCUT2D eigenvalue weighted by atomic mass is 32.2. The maximum atomic E-state index is 12.1. The molecule has 21 heavy (non-hydrogen) atoms. The van der Waals surface area contributed by atoms with Crippen LogP contribution in [0.1, 0.15) is 23.7 Å². The van der Waals surface area contributed by atoms with Gasteiger partial charge < -0.3 is 20.4 Å². The van der Waals surface area contributed by atoms with Crippen LogP contribution in [-0.2, 0) is 0 Å². The largest absolute Gasteiger partial charge is 0.506 e. The first kappa shape index (κ1) is 17.2. The molecule has 0 radical (unpaired) electrons. The summed E-state index contributed by atoms with van der Waals surface area (Å²) in [5.41, 5.74) is 0.156. The lowest BCUT2D eigenvalue weighted by Crippen LogP contribution is -2.41. The number of nitrogens with one attached hydrogen (secondary N) is 1. The molecule has 1 unspecified atom stereocenters. The molecule has 0 saturated carbocycles. The number of carbonyl (C=O) groups excluding carboxylic acids is 1. The molecule has 0 aromatic heterocycles. The van der Waals surface area contributed by atoms with Crippen LogP contribution in [0.2, 0.25) is 0 Å². The summed E-state index contributed by atoms with van der Waals surface area (Å²) < 4.78 is 0. The molecule has 7 heteroatoms. The van der Waals surface area contributed by atoms with Gasteiger partial charge in [-0.15, -0.1) is 0 Å². The fraction of sp³-hybridized carbons (Fsp3) is 0.429. The zero-order valence-corrected chi connectivity index (χ0v) is 13.1. The van der Waals surface area contributed by atoms with Gasteiger partial charge in [0, 0.05) is 18.8 Å². The number of urea groups is 1. The number of hydrogen-bond donors (Lipinski definition) is 3. The number of rotatable bonds is 6. The molecule has 0 aliphatic heterocycles. The van der Waals surface area contributed by atoms with Crippen molar-refractivity contribution < 1.29 is 19.8 Å². The monoisotopic (exact) mass is 312 g/mol. The first-order valence-electron chi connectivity index (χ1n) is 6.49. The number of thioether (sulfide) groups is 1. The third-order valence-corrected chi connectivity index (χ3v) is 3.90. The number of amides is 2. The molecule has 0 fully saturated rings. The van der Waals surface area contributed by atoms with E-state index >= 15 is 0 Å². The third-order valence-electron chi connectivity index (χ3n) is 3.18. The van der Waals surface area contributed by atoms with Crippen LogP contribution in [0.5, 0.6) is 5.75 Å². The van der Waals surface area contributed by atoms with Crippen molar-refractivity contribution in [1.29, 1.82) is 0 Å². The lowest BCUT2D eigenvalue weighted by atomic mass is 10.2. The predicted molar refractivity (Wildman–Crippen MR) is 84.3 cm³/mol. The van der Waals surface area contributed by atoms with Crippen LogP contribution < -0.4 is 5.32 Å². The Balaban J connectivity index is 2.81. The Hall–Kier alpha value is -1.89. The van der Waals surface area contributed by atoms with Crippen LogP contribution in [0.15, 0.2) is 18.2 Å². The number of phenols is 1. The molecule has 6 nitrogen and oxygen atoms in total. The molecule has 2 amide bonds. The van der Waals surface area contributed by atoms with Crippen molar-refractivity contribution in [2.75, 3.05) is 24.4 Å². The topological polar surface area (TPSA) is 89.9 Å². The summed E-state index contributed by atoms with van der Waals surface area (Å²) in [5, 5.41) is 21.2. The zero-order chi connectivity index (χ0) is 16.0. The minimum atomic E-state index is -1.13. The van der Waals surface area contributed by atoms with E-state index in [0.717, 1.165) is 18.2 Å². The fourth-order valence-electron chi connectivity index (χ4n) is 1.84. The summed E-state index contributed by atoms with van der Waals surface area (Å²) in [6.45, 7) is 2.00. The van der Waals surface area contributed by atoms with Crippen molar-refractivity contribution in [3.05, 3.63) is 23.8 Å². The molecule has 0 saturated heterocycles. The van der Waals surface area contributed by atoms with Crippen LogP contribution in [-0.4, -0.2) is 52.2 Å². The van der Waals surface area contributed by atoms with E-state index in [1.165, 1.54) is 12.1 Å². The Morgan fingerprint density at radius 3 is 2.57 bits per heavy atom. The average molecular weight is 312 g/mol. The highest BCUT2D eigenvalue weighted by Gasteiger charge is 2.19. The lowest BCUT2D eigenvalue weighted by molar-refractivity contribution is 0.0696. The molecule has 3 N–H and O–H groups in total. The number of hydrogen-bond acceptors (Lipinski definition) is 4. The van der Waals surface area contributed by atoms with Gasteiger partial charge >= 0.3 is 12.0 Å². The van der Waals surface area contributed by atoms with E-state index in [2.05, 4.69) is 5.32 Å². The van der Waals surface area contributed by atoms with E-state index < -0.39 is 5.97 Å². The maximum absolute atomic E-state index is 12.1.